The van der Waals surface area contributed by atoms with Gasteiger partial charge in [-0.2, -0.15) is 0 Å². The van der Waals surface area contributed by atoms with Crippen LogP contribution in [0.5, 0.6) is 0 Å². The molecule has 1 unspecified atom stereocenters. The van der Waals surface area contributed by atoms with Crippen LogP contribution in [0.25, 0.3) is 0 Å². The van der Waals surface area contributed by atoms with Crippen molar-refractivity contribution in [1.29, 1.82) is 0 Å². The number of thiophene rings is 1. The second-order valence-electron chi connectivity index (χ2n) is 5.08. The summed E-state index contributed by atoms with van der Waals surface area (Å²) in [5.41, 5.74) is 3.85. The average molecular weight is 308 g/mol. The van der Waals surface area contributed by atoms with Gasteiger partial charge in [-0.15, -0.1) is 11.3 Å². The van der Waals surface area contributed by atoms with Gasteiger partial charge in [-0.25, -0.2) is 0 Å². The molecule has 1 N–H and O–H groups in total. The van der Waals surface area contributed by atoms with Crippen LogP contribution in [0.3, 0.4) is 0 Å². The molecule has 2 aromatic rings. The molecule has 1 atom stereocenters. The lowest BCUT2D eigenvalue weighted by Crippen LogP contribution is -2.22. The van der Waals surface area contributed by atoms with Gasteiger partial charge in [0.25, 0.3) is 0 Å². The monoisotopic (exact) mass is 307 g/mol. The molecule has 1 aromatic heterocycles. The number of benzene rings is 1. The molecular formula is C17H22ClNS. The fourth-order valence-corrected chi connectivity index (χ4v) is 3.69. The molecule has 20 heavy (non-hydrogen) atoms. The summed E-state index contributed by atoms with van der Waals surface area (Å²) in [4.78, 5) is 1.23. The van der Waals surface area contributed by atoms with Crippen molar-refractivity contribution in [3.63, 3.8) is 0 Å². The second-order valence-corrected chi connectivity index (χ2v) is 6.37. The van der Waals surface area contributed by atoms with Crippen LogP contribution in [0.4, 0.5) is 0 Å². The molecule has 0 fully saturated rings. The summed E-state index contributed by atoms with van der Waals surface area (Å²) in [7, 11) is 0. The van der Waals surface area contributed by atoms with Gasteiger partial charge in [0.2, 0.25) is 0 Å². The van der Waals surface area contributed by atoms with Crippen LogP contribution >= 0.6 is 22.9 Å². The fraction of sp³-hybridized carbons (Fsp3) is 0.412. The van der Waals surface area contributed by atoms with Gasteiger partial charge in [-0.05, 0) is 48.4 Å². The number of hydrogen-bond acceptors (Lipinski definition) is 2. The van der Waals surface area contributed by atoms with Crippen molar-refractivity contribution in [3.05, 3.63) is 56.2 Å². The maximum atomic E-state index is 6.48. The maximum Gasteiger partial charge on any atom is 0.0686 e. The molecule has 0 bridgehead atoms. The van der Waals surface area contributed by atoms with Crippen LogP contribution in [0.15, 0.2) is 29.6 Å². The summed E-state index contributed by atoms with van der Waals surface area (Å²) in [5.74, 6) is 0. The van der Waals surface area contributed by atoms with Crippen molar-refractivity contribution in [1.82, 2.24) is 5.32 Å². The lowest BCUT2D eigenvalue weighted by atomic mass is 10.0. The summed E-state index contributed by atoms with van der Waals surface area (Å²) in [6, 6.07) is 9.01. The lowest BCUT2D eigenvalue weighted by molar-refractivity contribution is 0.605. The van der Waals surface area contributed by atoms with Gasteiger partial charge in [0, 0.05) is 4.88 Å². The van der Waals surface area contributed by atoms with E-state index in [0.29, 0.717) is 0 Å². The molecule has 0 aliphatic rings. The topological polar surface area (TPSA) is 12.0 Å². The van der Waals surface area contributed by atoms with E-state index < -0.39 is 0 Å². The Morgan fingerprint density at radius 2 is 2.10 bits per heavy atom. The number of rotatable bonds is 6. The van der Waals surface area contributed by atoms with Crippen LogP contribution in [0.2, 0.25) is 5.02 Å². The highest BCUT2D eigenvalue weighted by Gasteiger charge is 2.19. The molecule has 0 aliphatic carbocycles. The standard InChI is InChI=1S/C17H22ClNS/c1-4-9-19-16(17-15(18)12(3)11-20-17)14-8-6-7-13(5-2)10-14/h6-8,10-11,16,19H,4-5,9H2,1-3H3. The summed E-state index contributed by atoms with van der Waals surface area (Å²) >= 11 is 8.22. The van der Waals surface area contributed by atoms with E-state index in [1.54, 1.807) is 11.3 Å². The van der Waals surface area contributed by atoms with Crippen molar-refractivity contribution in [3.8, 4) is 0 Å². The van der Waals surface area contributed by atoms with Gasteiger partial charge < -0.3 is 5.32 Å². The van der Waals surface area contributed by atoms with E-state index in [0.717, 1.165) is 24.4 Å². The van der Waals surface area contributed by atoms with E-state index in [2.05, 4.69) is 55.7 Å². The first-order valence-corrected chi connectivity index (χ1v) is 8.48. The Labute approximate surface area is 131 Å². The highest BCUT2D eigenvalue weighted by molar-refractivity contribution is 7.10. The summed E-state index contributed by atoms with van der Waals surface area (Å²) < 4.78 is 0. The van der Waals surface area contributed by atoms with Crippen LogP contribution in [0.1, 0.15) is 47.9 Å². The highest BCUT2D eigenvalue weighted by atomic mass is 35.5. The smallest absolute Gasteiger partial charge is 0.0686 e. The second kappa shape index (κ2) is 7.26. The molecule has 2 rings (SSSR count). The van der Waals surface area contributed by atoms with E-state index in [-0.39, 0.29) is 6.04 Å². The third-order valence-electron chi connectivity index (χ3n) is 3.48. The quantitative estimate of drug-likeness (QED) is 0.757. The molecule has 0 saturated carbocycles. The molecule has 3 heteroatoms. The van der Waals surface area contributed by atoms with Gasteiger partial charge in [-0.1, -0.05) is 49.7 Å². The van der Waals surface area contributed by atoms with E-state index in [4.69, 9.17) is 11.6 Å². The van der Waals surface area contributed by atoms with E-state index in [9.17, 15) is 0 Å². The fourth-order valence-electron chi connectivity index (χ4n) is 2.29. The first-order chi connectivity index (χ1) is 9.67. The van der Waals surface area contributed by atoms with E-state index >= 15 is 0 Å². The Hall–Kier alpha value is -0.830. The number of hydrogen-bond donors (Lipinski definition) is 1. The number of halogens is 1. The predicted molar refractivity (Wildman–Crippen MR) is 90.0 cm³/mol. The molecule has 0 amide bonds. The van der Waals surface area contributed by atoms with Gasteiger partial charge in [0.15, 0.2) is 0 Å². The molecule has 108 valence electrons. The zero-order valence-electron chi connectivity index (χ0n) is 12.4. The molecule has 1 heterocycles. The minimum Gasteiger partial charge on any atom is -0.306 e. The number of nitrogens with one attached hydrogen (secondary N) is 1. The number of aryl methyl sites for hydroxylation is 2. The third kappa shape index (κ3) is 3.43. The molecular weight excluding hydrogens is 286 g/mol. The van der Waals surface area contributed by atoms with Crippen molar-refractivity contribution >= 4 is 22.9 Å². The summed E-state index contributed by atoms with van der Waals surface area (Å²) in [6.07, 6.45) is 2.18. The Bertz CT molecular complexity index is 562. The normalized spacial score (nSPS) is 12.6. The minimum absolute atomic E-state index is 0.202. The predicted octanol–water partition coefficient (Wildman–Crippen LogP) is 5.36. The van der Waals surface area contributed by atoms with Crippen molar-refractivity contribution in [2.75, 3.05) is 6.54 Å². The highest BCUT2D eigenvalue weighted by Crippen LogP contribution is 2.36. The molecule has 0 aliphatic heterocycles. The Balaban J connectivity index is 2.38. The van der Waals surface area contributed by atoms with Gasteiger partial charge in [0.05, 0.1) is 11.1 Å². The van der Waals surface area contributed by atoms with Crippen LogP contribution in [-0.4, -0.2) is 6.54 Å². The molecule has 0 spiro atoms. The maximum absolute atomic E-state index is 6.48. The summed E-state index contributed by atoms with van der Waals surface area (Å²) in [6.45, 7) is 7.44. The largest absolute Gasteiger partial charge is 0.306 e. The Kier molecular flexibility index (Phi) is 5.64. The molecule has 0 radical (unpaired) electrons. The SMILES string of the molecule is CCCNC(c1cccc(CC)c1)c1scc(C)c1Cl. The molecule has 1 aromatic carbocycles. The van der Waals surface area contributed by atoms with Gasteiger partial charge >= 0.3 is 0 Å². The van der Waals surface area contributed by atoms with Crippen molar-refractivity contribution in [2.24, 2.45) is 0 Å². The zero-order chi connectivity index (χ0) is 14.5. The van der Waals surface area contributed by atoms with Crippen LogP contribution in [0, 0.1) is 6.92 Å². The van der Waals surface area contributed by atoms with E-state index in [1.165, 1.54) is 21.6 Å². The van der Waals surface area contributed by atoms with Crippen LogP contribution in [-0.2, 0) is 6.42 Å². The Morgan fingerprint density at radius 3 is 2.70 bits per heavy atom. The first-order valence-electron chi connectivity index (χ1n) is 7.23. The average Bonchev–Trinajstić information content (AvgIpc) is 2.80. The minimum atomic E-state index is 0.202. The lowest BCUT2D eigenvalue weighted by Gasteiger charge is -2.19. The van der Waals surface area contributed by atoms with E-state index in [1.807, 2.05) is 0 Å². The third-order valence-corrected chi connectivity index (χ3v) is 5.26. The molecule has 1 nitrogen and oxygen atoms in total. The Morgan fingerprint density at radius 1 is 1.30 bits per heavy atom. The first kappa shape index (κ1) is 15.6. The van der Waals surface area contributed by atoms with Gasteiger partial charge in [0.1, 0.15) is 0 Å². The zero-order valence-corrected chi connectivity index (χ0v) is 13.9. The van der Waals surface area contributed by atoms with Crippen molar-refractivity contribution < 1.29 is 0 Å². The van der Waals surface area contributed by atoms with Crippen LogP contribution < -0.4 is 5.32 Å². The molecule has 0 saturated heterocycles. The van der Waals surface area contributed by atoms with Gasteiger partial charge in [-0.3, -0.25) is 0 Å². The van der Waals surface area contributed by atoms with Crippen molar-refractivity contribution in [2.45, 2.75) is 39.7 Å². The summed E-state index contributed by atoms with van der Waals surface area (Å²) in [5, 5.41) is 6.68.